The van der Waals surface area contributed by atoms with E-state index in [0.717, 1.165) is 11.8 Å². The third-order valence-electron chi connectivity index (χ3n) is 3.64. The standard InChI is InChI=1S/C12H15ClO4S/c1-18(16,17)11-10(12(11,6-14)7-15)8-3-2-4-9(13)5-8/h2-5,10-11,14-15H,6-7H2,1H3/t10-,11+/m0/s1. The van der Waals surface area contributed by atoms with Gasteiger partial charge in [-0.2, -0.15) is 0 Å². The van der Waals surface area contributed by atoms with Gasteiger partial charge in [-0.1, -0.05) is 23.7 Å². The van der Waals surface area contributed by atoms with E-state index in [1.807, 2.05) is 0 Å². The Morgan fingerprint density at radius 1 is 1.33 bits per heavy atom. The highest BCUT2D eigenvalue weighted by Gasteiger charge is 2.69. The van der Waals surface area contributed by atoms with Crippen molar-refractivity contribution in [1.29, 1.82) is 0 Å². The lowest BCUT2D eigenvalue weighted by molar-refractivity contribution is 0.130. The van der Waals surface area contributed by atoms with Crippen molar-refractivity contribution in [3.05, 3.63) is 34.9 Å². The molecule has 0 heterocycles. The molecule has 0 aromatic heterocycles. The van der Waals surface area contributed by atoms with Gasteiger partial charge >= 0.3 is 0 Å². The molecule has 0 amide bonds. The highest BCUT2D eigenvalue weighted by molar-refractivity contribution is 7.91. The van der Waals surface area contributed by atoms with Gasteiger partial charge in [0.15, 0.2) is 9.84 Å². The summed E-state index contributed by atoms with van der Waals surface area (Å²) in [5.74, 6) is -0.402. The molecule has 1 aromatic rings. The van der Waals surface area contributed by atoms with Gasteiger partial charge in [0.2, 0.25) is 0 Å². The molecule has 6 heteroatoms. The fourth-order valence-corrected chi connectivity index (χ4v) is 4.95. The summed E-state index contributed by atoms with van der Waals surface area (Å²) < 4.78 is 23.5. The van der Waals surface area contributed by atoms with Gasteiger partial charge < -0.3 is 10.2 Å². The molecule has 1 fully saturated rings. The largest absolute Gasteiger partial charge is 0.396 e. The molecule has 2 N–H and O–H groups in total. The van der Waals surface area contributed by atoms with E-state index in [2.05, 4.69) is 0 Å². The van der Waals surface area contributed by atoms with Crippen LogP contribution < -0.4 is 0 Å². The molecule has 0 aliphatic heterocycles. The summed E-state index contributed by atoms with van der Waals surface area (Å²) in [4.78, 5) is 0. The molecule has 2 rings (SSSR count). The molecular weight excluding hydrogens is 276 g/mol. The minimum absolute atomic E-state index is 0.363. The van der Waals surface area contributed by atoms with E-state index in [9.17, 15) is 18.6 Å². The molecule has 0 spiro atoms. The number of hydrogen-bond donors (Lipinski definition) is 2. The van der Waals surface area contributed by atoms with Crippen LogP contribution in [0.3, 0.4) is 0 Å². The van der Waals surface area contributed by atoms with Gasteiger partial charge in [0.05, 0.1) is 18.5 Å². The van der Waals surface area contributed by atoms with Crippen molar-refractivity contribution in [2.75, 3.05) is 19.5 Å². The van der Waals surface area contributed by atoms with E-state index in [0.29, 0.717) is 5.02 Å². The van der Waals surface area contributed by atoms with E-state index >= 15 is 0 Å². The van der Waals surface area contributed by atoms with E-state index in [1.165, 1.54) is 0 Å². The SMILES string of the molecule is CS(=O)(=O)[C@@H]1[C@H](c2cccc(Cl)c2)C1(CO)CO. The van der Waals surface area contributed by atoms with Crippen molar-refractivity contribution in [3.8, 4) is 0 Å². The lowest BCUT2D eigenvalue weighted by Crippen LogP contribution is -2.22. The average molecular weight is 291 g/mol. The number of halogens is 1. The lowest BCUT2D eigenvalue weighted by Gasteiger charge is -2.10. The van der Waals surface area contributed by atoms with Crippen molar-refractivity contribution in [3.63, 3.8) is 0 Å². The van der Waals surface area contributed by atoms with Crippen LogP contribution in [0.25, 0.3) is 0 Å². The van der Waals surface area contributed by atoms with Crippen molar-refractivity contribution < 1.29 is 18.6 Å². The number of hydrogen-bond acceptors (Lipinski definition) is 4. The normalized spacial score (nSPS) is 26.0. The molecule has 0 radical (unpaired) electrons. The molecular formula is C12H15ClO4S. The van der Waals surface area contributed by atoms with Crippen molar-refractivity contribution in [2.45, 2.75) is 11.2 Å². The van der Waals surface area contributed by atoms with E-state index in [1.54, 1.807) is 24.3 Å². The zero-order valence-corrected chi connectivity index (χ0v) is 11.4. The van der Waals surface area contributed by atoms with Crippen LogP contribution in [0.5, 0.6) is 0 Å². The Bertz CT molecular complexity index is 551. The van der Waals surface area contributed by atoms with Crippen molar-refractivity contribution >= 4 is 21.4 Å². The first kappa shape index (κ1) is 13.8. The second-order valence-corrected chi connectivity index (χ2v) is 7.44. The number of benzene rings is 1. The first-order valence-electron chi connectivity index (χ1n) is 5.53. The summed E-state index contributed by atoms with van der Waals surface area (Å²) in [6.07, 6.45) is 1.13. The van der Waals surface area contributed by atoms with Crippen LogP contribution in [0.15, 0.2) is 24.3 Å². The predicted octanol–water partition coefficient (Wildman–Crippen LogP) is 0.821. The second-order valence-electron chi connectivity index (χ2n) is 4.83. The highest BCUT2D eigenvalue weighted by atomic mass is 35.5. The molecule has 2 atom stereocenters. The van der Waals surface area contributed by atoms with Gasteiger partial charge in [0.25, 0.3) is 0 Å². The summed E-state index contributed by atoms with van der Waals surface area (Å²) in [6, 6.07) is 6.87. The van der Waals surface area contributed by atoms with Crippen LogP contribution in [0, 0.1) is 5.41 Å². The van der Waals surface area contributed by atoms with Crippen LogP contribution in [-0.4, -0.2) is 43.4 Å². The van der Waals surface area contributed by atoms with Gasteiger partial charge in [-0.25, -0.2) is 8.42 Å². The third-order valence-corrected chi connectivity index (χ3v) is 5.54. The van der Waals surface area contributed by atoms with Crippen LogP contribution in [-0.2, 0) is 9.84 Å². The van der Waals surface area contributed by atoms with E-state index in [4.69, 9.17) is 11.6 Å². The second kappa shape index (κ2) is 4.49. The minimum Gasteiger partial charge on any atom is -0.396 e. The molecule has 18 heavy (non-hydrogen) atoms. The van der Waals surface area contributed by atoms with Crippen molar-refractivity contribution in [2.24, 2.45) is 5.41 Å². The van der Waals surface area contributed by atoms with Crippen LogP contribution in [0.4, 0.5) is 0 Å². The number of rotatable bonds is 4. The zero-order valence-electron chi connectivity index (χ0n) is 9.88. The van der Waals surface area contributed by atoms with Crippen LogP contribution in [0.1, 0.15) is 11.5 Å². The smallest absolute Gasteiger partial charge is 0.151 e. The molecule has 1 aliphatic rings. The van der Waals surface area contributed by atoms with Gasteiger partial charge in [0.1, 0.15) is 0 Å². The topological polar surface area (TPSA) is 74.6 Å². The summed E-state index contributed by atoms with van der Waals surface area (Å²) in [7, 11) is -3.33. The lowest BCUT2D eigenvalue weighted by atomic mass is 10.0. The Labute approximate surface area is 111 Å². The summed E-state index contributed by atoms with van der Waals surface area (Å²) >= 11 is 5.88. The van der Waals surface area contributed by atoms with E-state index in [-0.39, 0.29) is 13.2 Å². The Morgan fingerprint density at radius 2 is 1.94 bits per heavy atom. The Kier molecular flexibility index (Phi) is 3.44. The molecule has 0 bridgehead atoms. The third kappa shape index (κ3) is 2.05. The fraction of sp³-hybridized carbons (Fsp3) is 0.500. The summed E-state index contributed by atoms with van der Waals surface area (Å²) in [6.45, 7) is -0.725. The molecule has 1 aliphatic carbocycles. The van der Waals surface area contributed by atoms with Gasteiger partial charge in [-0.15, -0.1) is 0 Å². The van der Waals surface area contributed by atoms with Crippen LogP contribution in [0.2, 0.25) is 5.02 Å². The van der Waals surface area contributed by atoms with Gasteiger partial charge in [-0.05, 0) is 17.7 Å². The Balaban J connectivity index is 2.45. The number of sulfone groups is 1. The van der Waals surface area contributed by atoms with Crippen LogP contribution >= 0.6 is 11.6 Å². The zero-order chi connectivity index (χ0) is 13.6. The maximum absolute atomic E-state index is 11.7. The Morgan fingerprint density at radius 3 is 2.33 bits per heavy atom. The maximum Gasteiger partial charge on any atom is 0.151 e. The van der Waals surface area contributed by atoms with E-state index < -0.39 is 26.4 Å². The number of aliphatic hydroxyl groups excluding tert-OH is 2. The van der Waals surface area contributed by atoms with Gasteiger partial charge in [-0.3, -0.25) is 0 Å². The first-order chi connectivity index (χ1) is 8.36. The molecule has 1 aromatic carbocycles. The fourth-order valence-electron chi connectivity index (χ4n) is 2.76. The predicted molar refractivity (Wildman–Crippen MR) is 69.4 cm³/mol. The minimum atomic E-state index is -3.33. The monoisotopic (exact) mass is 290 g/mol. The molecule has 1 saturated carbocycles. The highest BCUT2D eigenvalue weighted by Crippen LogP contribution is 2.62. The van der Waals surface area contributed by atoms with Crippen molar-refractivity contribution in [1.82, 2.24) is 0 Å². The first-order valence-corrected chi connectivity index (χ1v) is 7.86. The number of aliphatic hydroxyl groups is 2. The van der Waals surface area contributed by atoms with Gasteiger partial charge in [0, 0.05) is 22.6 Å². The quantitative estimate of drug-likeness (QED) is 0.861. The Hall–Kier alpha value is -0.620. The molecule has 0 unspecified atom stereocenters. The summed E-state index contributed by atoms with van der Waals surface area (Å²) in [5, 5.41) is 18.6. The molecule has 4 nitrogen and oxygen atoms in total. The molecule has 0 saturated heterocycles. The molecule has 100 valence electrons. The maximum atomic E-state index is 11.7. The summed E-state index contributed by atoms with van der Waals surface area (Å²) in [5.41, 5.74) is -0.251. The average Bonchev–Trinajstić information content (AvgIpc) is 2.98.